The second-order valence-electron chi connectivity index (χ2n) is 6.58. The van der Waals surface area contributed by atoms with Crippen LogP contribution in [0.25, 0.3) is 0 Å². The zero-order valence-electron chi connectivity index (χ0n) is 13.7. The number of aliphatic hydroxyl groups excluding tert-OH is 1. The third-order valence-electron chi connectivity index (χ3n) is 4.09. The standard InChI is InChI=1S/C17H27NO3/c1-12-10-18(11-17(3,4)21-12)13(2)16(19)14-6-8-15(20-5)9-7-14/h6-9,12-13,16,19H,10-11H2,1-5H3. The minimum absolute atomic E-state index is 0.0454. The van der Waals surface area contributed by atoms with Crippen molar-refractivity contribution in [2.45, 2.75) is 51.5 Å². The highest BCUT2D eigenvalue weighted by Crippen LogP contribution is 2.28. The van der Waals surface area contributed by atoms with Crippen molar-refractivity contribution < 1.29 is 14.6 Å². The van der Waals surface area contributed by atoms with Crippen LogP contribution in [0.1, 0.15) is 39.4 Å². The lowest BCUT2D eigenvalue weighted by atomic mass is 9.98. The summed E-state index contributed by atoms with van der Waals surface area (Å²) in [6.07, 6.45) is -0.337. The molecule has 0 aliphatic carbocycles. The molecule has 0 radical (unpaired) electrons. The molecule has 3 unspecified atom stereocenters. The van der Waals surface area contributed by atoms with Crippen LogP contribution in [0, 0.1) is 0 Å². The molecule has 1 fully saturated rings. The van der Waals surface area contributed by atoms with Gasteiger partial charge < -0.3 is 14.6 Å². The molecule has 1 heterocycles. The molecule has 3 atom stereocenters. The average molecular weight is 293 g/mol. The summed E-state index contributed by atoms with van der Waals surface area (Å²) in [6, 6.07) is 7.67. The van der Waals surface area contributed by atoms with Gasteiger partial charge in [-0.05, 0) is 45.4 Å². The Morgan fingerprint density at radius 3 is 2.48 bits per heavy atom. The van der Waals surface area contributed by atoms with E-state index in [1.54, 1.807) is 7.11 Å². The number of methoxy groups -OCH3 is 1. The summed E-state index contributed by atoms with van der Waals surface area (Å²) in [5, 5.41) is 10.6. The first-order valence-electron chi connectivity index (χ1n) is 7.56. The first kappa shape index (κ1) is 16.3. The lowest BCUT2D eigenvalue weighted by Crippen LogP contribution is -2.55. The van der Waals surface area contributed by atoms with Gasteiger partial charge in [-0.25, -0.2) is 0 Å². The fourth-order valence-corrected chi connectivity index (χ4v) is 3.09. The van der Waals surface area contributed by atoms with Gasteiger partial charge in [-0.1, -0.05) is 12.1 Å². The summed E-state index contributed by atoms with van der Waals surface area (Å²) in [7, 11) is 1.64. The van der Waals surface area contributed by atoms with Gasteiger partial charge in [0.1, 0.15) is 5.75 Å². The molecular formula is C17H27NO3. The van der Waals surface area contributed by atoms with E-state index in [2.05, 4.69) is 32.6 Å². The Kier molecular flexibility index (Phi) is 4.91. The molecule has 1 aliphatic rings. The van der Waals surface area contributed by atoms with E-state index in [9.17, 15) is 5.11 Å². The van der Waals surface area contributed by atoms with Crippen LogP contribution in [0.3, 0.4) is 0 Å². The SMILES string of the molecule is COc1ccc(C(O)C(C)N2CC(C)OC(C)(C)C2)cc1. The molecule has 2 rings (SSSR count). The van der Waals surface area contributed by atoms with E-state index in [1.807, 2.05) is 24.3 Å². The molecular weight excluding hydrogens is 266 g/mol. The molecule has 0 amide bonds. The largest absolute Gasteiger partial charge is 0.497 e. The van der Waals surface area contributed by atoms with E-state index in [0.29, 0.717) is 0 Å². The number of morpholine rings is 1. The van der Waals surface area contributed by atoms with Gasteiger partial charge in [-0.15, -0.1) is 0 Å². The lowest BCUT2D eigenvalue weighted by Gasteiger charge is -2.45. The number of hydrogen-bond donors (Lipinski definition) is 1. The van der Waals surface area contributed by atoms with Gasteiger partial charge in [0, 0.05) is 19.1 Å². The summed E-state index contributed by atoms with van der Waals surface area (Å²) in [6.45, 7) is 10.0. The minimum Gasteiger partial charge on any atom is -0.497 e. The molecule has 0 bridgehead atoms. The Bertz CT molecular complexity index is 458. The van der Waals surface area contributed by atoms with E-state index in [0.717, 1.165) is 24.4 Å². The Morgan fingerprint density at radius 2 is 1.95 bits per heavy atom. The number of nitrogens with zero attached hydrogens (tertiary/aromatic N) is 1. The molecule has 0 aromatic heterocycles. The van der Waals surface area contributed by atoms with Crippen LogP contribution in [-0.4, -0.2) is 48.0 Å². The summed E-state index contributed by atoms with van der Waals surface area (Å²) >= 11 is 0. The fourth-order valence-electron chi connectivity index (χ4n) is 3.09. The molecule has 1 saturated heterocycles. The number of ether oxygens (including phenoxy) is 2. The first-order valence-corrected chi connectivity index (χ1v) is 7.56. The number of hydrogen-bond acceptors (Lipinski definition) is 4. The van der Waals surface area contributed by atoms with Gasteiger partial charge in [-0.3, -0.25) is 4.90 Å². The van der Waals surface area contributed by atoms with Crippen molar-refractivity contribution in [3.8, 4) is 5.75 Å². The van der Waals surface area contributed by atoms with Gasteiger partial charge in [0.2, 0.25) is 0 Å². The predicted molar refractivity (Wildman–Crippen MR) is 83.6 cm³/mol. The number of benzene rings is 1. The zero-order valence-corrected chi connectivity index (χ0v) is 13.7. The maximum Gasteiger partial charge on any atom is 0.118 e. The summed E-state index contributed by atoms with van der Waals surface area (Å²) in [5.41, 5.74) is 0.742. The average Bonchev–Trinajstić information content (AvgIpc) is 2.43. The lowest BCUT2D eigenvalue weighted by molar-refractivity contribution is -0.145. The van der Waals surface area contributed by atoms with E-state index in [1.165, 1.54) is 0 Å². The summed E-state index contributed by atoms with van der Waals surface area (Å²) in [4.78, 5) is 2.31. The Morgan fingerprint density at radius 1 is 1.33 bits per heavy atom. The molecule has 4 nitrogen and oxygen atoms in total. The topological polar surface area (TPSA) is 41.9 Å². The molecule has 0 saturated carbocycles. The fraction of sp³-hybridized carbons (Fsp3) is 0.647. The quantitative estimate of drug-likeness (QED) is 0.926. The minimum atomic E-state index is -0.517. The maximum atomic E-state index is 10.6. The Labute approximate surface area is 127 Å². The van der Waals surface area contributed by atoms with Crippen LogP contribution in [0.15, 0.2) is 24.3 Å². The van der Waals surface area contributed by atoms with Gasteiger partial charge in [-0.2, -0.15) is 0 Å². The summed E-state index contributed by atoms with van der Waals surface area (Å²) in [5.74, 6) is 0.805. The zero-order chi connectivity index (χ0) is 15.6. The molecule has 1 aliphatic heterocycles. The van der Waals surface area contributed by atoms with Crippen molar-refractivity contribution in [2.24, 2.45) is 0 Å². The molecule has 118 valence electrons. The second kappa shape index (κ2) is 6.34. The summed E-state index contributed by atoms with van der Waals surface area (Å²) < 4.78 is 11.1. The van der Waals surface area contributed by atoms with Crippen LogP contribution in [0.5, 0.6) is 5.75 Å². The van der Waals surface area contributed by atoms with E-state index in [4.69, 9.17) is 9.47 Å². The highest BCUT2D eigenvalue weighted by Gasteiger charge is 2.35. The highest BCUT2D eigenvalue weighted by atomic mass is 16.5. The smallest absolute Gasteiger partial charge is 0.118 e. The second-order valence-corrected chi connectivity index (χ2v) is 6.58. The molecule has 4 heteroatoms. The molecule has 21 heavy (non-hydrogen) atoms. The molecule has 1 aromatic carbocycles. The van der Waals surface area contributed by atoms with Crippen molar-refractivity contribution in [1.29, 1.82) is 0 Å². The van der Waals surface area contributed by atoms with Crippen molar-refractivity contribution >= 4 is 0 Å². The third kappa shape index (κ3) is 3.96. The molecule has 1 N–H and O–H groups in total. The molecule has 1 aromatic rings. The van der Waals surface area contributed by atoms with Gasteiger partial charge in [0.25, 0.3) is 0 Å². The van der Waals surface area contributed by atoms with Gasteiger partial charge in [0.15, 0.2) is 0 Å². The normalized spacial score (nSPS) is 25.3. The van der Waals surface area contributed by atoms with Crippen LogP contribution < -0.4 is 4.74 Å². The van der Waals surface area contributed by atoms with Crippen LogP contribution in [-0.2, 0) is 4.74 Å². The van der Waals surface area contributed by atoms with Gasteiger partial charge in [0.05, 0.1) is 24.9 Å². The Hall–Kier alpha value is -1.10. The monoisotopic (exact) mass is 293 g/mol. The third-order valence-corrected chi connectivity index (χ3v) is 4.09. The van der Waals surface area contributed by atoms with E-state index >= 15 is 0 Å². The van der Waals surface area contributed by atoms with E-state index < -0.39 is 6.10 Å². The van der Waals surface area contributed by atoms with Gasteiger partial charge >= 0.3 is 0 Å². The number of aliphatic hydroxyl groups is 1. The molecule has 0 spiro atoms. The van der Waals surface area contributed by atoms with Crippen molar-refractivity contribution in [3.63, 3.8) is 0 Å². The highest BCUT2D eigenvalue weighted by molar-refractivity contribution is 5.29. The van der Waals surface area contributed by atoms with E-state index in [-0.39, 0.29) is 17.7 Å². The van der Waals surface area contributed by atoms with Crippen LogP contribution in [0.2, 0.25) is 0 Å². The predicted octanol–water partition coefficient (Wildman–Crippen LogP) is 2.62. The van der Waals surface area contributed by atoms with Crippen LogP contribution in [0.4, 0.5) is 0 Å². The van der Waals surface area contributed by atoms with Crippen LogP contribution >= 0.6 is 0 Å². The van der Waals surface area contributed by atoms with Crippen molar-refractivity contribution in [1.82, 2.24) is 4.90 Å². The maximum absolute atomic E-state index is 10.6. The number of rotatable bonds is 4. The first-order chi connectivity index (χ1) is 9.82. The van der Waals surface area contributed by atoms with Crippen molar-refractivity contribution in [2.75, 3.05) is 20.2 Å². The Balaban J connectivity index is 2.08. The van der Waals surface area contributed by atoms with Crippen molar-refractivity contribution in [3.05, 3.63) is 29.8 Å².